The topological polar surface area (TPSA) is 47.9 Å². The molecule has 0 aliphatic carbocycles. The molecule has 0 saturated heterocycles. The van der Waals surface area contributed by atoms with Gasteiger partial charge in [-0.05, 0) is 16.8 Å². The van der Waals surface area contributed by atoms with Gasteiger partial charge in [-0.2, -0.15) is 4.39 Å². The van der Waals surface area contributed by atoms with Crippen molar-refractivity contribution in [1.82, 2.24) is 0 Å². The van der Waals surface area contributed by atoms with Gasteiger partial charge in [0.1, 0.15) is 0 Å². The molecule has 0 rings (SSSR count). The highest BCUT2D eigenvalue weighted by molar-refractivity contribution is 7.48. The average Bonchev–Trinajstić information content (AvgIpc) is 1.98. The molecule has 0 aromatic rings. The van der Waals surface area contributed by atoms with Crippen LogP contribution in [0.25, 0.3) is 0 Å². The molecule has 0 radical (unpaired) electrons. The van der Waals surface area contributed by atoms with Gasteiger partial charge in [-0.15, -0.1) is 15.8 Å². The van der Waals surface area contributed by atoms with E-state index in [0.29, 0.717) is 0 Å². The van der Waals surface area contributed by atoms with Gasteiger partial charge in [-0.25, -0.2) is 4.57 Å². The number of oxime groups is 1. The highest BCUT2D eigenvalue weighted by Gasteiger charge is 2.25. The summed E-state index contributed by atoms with van der Waals surface area (Å²) in [7, 11) is -4.86. The van der Waals surface area contributed by atoms with Gasteiger partial charge >= 0.3 is 13.3 Å². The molecule has 0 N–H and O–H groups in total. The molecule has 12 heavy (non-hydrogen) atoms. The van der Waals surface area contributed by atoms with Gasteiger partial charge < -0.3 is 0 Å². The highest BCUT2D eigenvalue weighted by Crippen LogP contribution is 2.50. The van der Waals surface area contributed by atoms with E-state index in [-0.39, 0.29) is 12.5 Å². The summed E-state index contributed by atoms with van der Waals surface area (Å²) < 4.78 is 41.7. The standard InChI is InChI=1S/C3H4Cl2F2NO3P/c4-1-2-10-12(7,9)11-8-3(5)6/h1-2H2/b8-3+. The van der Waals surface area contributed by atoms with Crippen molar-refractivity contribution in [2.75, 3.05) is 12.5 Å². The van der Waals surface area contributed by atoms with Crippen molar-refractivity contribution >= 4 is 36.5 Å². The minimum absolute atomic E-state index is 0.0790. The van der Waals surface area contributed by atoms with Crippen molar-refractivity contribution in [3.05, 3.63) is 0 Å². The van der Waals surface area contributed by atoms with Gasteiger partial charge in [0.2, 0.25) is 0 Å². The Hall–Kier alpha value is 0.1000. The minimum atomic E-state index is -4.86. The Balaban J connectivity index is 3.88. The number of rotatable bonds is 5. The van der Waals surface area contributed by atoms with E-state index < -0.39 is 13.3 Å². The van der Waals surface area contributed by atoms with E-state index in [1.54, 1.807) is 0 Å². The van der Waals surface area contributed by atoms with E-state index in [4.69, 9.17) is 11.6 Å². The first-order valence-electron chi connectivity index (χ1n) is 2.56. The third kappa shape index (κ3) is 6.79. The van der Waals surface area contributed by atoms with Crippen molar-refractivity contribution in [3.63, 3.8) is 0 Å². The monoisotopic (exact) mass is 241 g/mol. The molecule has 0 amide bonds. The number of halogens is 4. The first-order chi connectivity index (χ1) is 5.48. The lowest BCUT2D eigenvalue weighted by Crippen LogP contribution is -1.92. The van der Waals surface area contributed by atoms with E-state index >= 15 is 0 Å². The van der Waals surface area contributed by atoms with Crippen LogP contribution in [-0.4, -0.2) is 17.9 Å². The van der Waals surface area contributed by atoms with E-state index in [9.17, 15) is 13.2 Å². The molecule has 0 fully saturated rings. The van der Waals surface area contributed by atoms with Crippen LogP contribution in [0.1, 0.15) is 0 Å². The Morgan fingerprint density at radius 3 is 2.67 bits per heavy atom. The molecule has 0 aromatic carbocycles. The Bertz CT molecular complexity index is 210. The van der Waals surface area contributed by atoms with E-state index in [1.165, 1.54) is 0 Å². The van der Waals surface area contributed by atoms with Crippen molar-refractivity contribution in [1.29, 1.82) is 0 Å². The summed E-state index contributed by atoms with van der Waals surface area (Å²) >= 11 is 9.57. The molecule has 0 aliphatic rings. The lowest BCUT2D eigenvalue weighted by atomic mass is 10.9. The Morgan fingerprint density at radius 1 is 1.67 bits per heavy atom. The zero-order chi connectivity index (χ0) is 9.61. The summed E-state index contributed by atoms with van der Waals surface area (Å²) in [6, 6.07) is 0. The Kier molecular flexibility index (Phi) is 5.74. The predicted octanol–water partition coefficient (Wildman–Crippen LogP) is 2.82. The van der Waals surface area contributed by atoms with Gasteiger partial charge in [0.05, 0.1) is 6.61 Å². The molecular formula is C3H4Cl2F2NO3P. The minimum Gasteiger partial charge on any atom is -0.285 e. The normalized spacial score (nSPS) is 17.2. The molecule has 0 aromatic heterocycles. The van der Waals surface area contributed by atoms with E-state index in [0.717, 1.165) is 0 Å². The third-order valence-corrected chi connectivity index (χ3v) is 1.52. The fourth-order valence-corrected chi connectivity index (χ4v) is 1.04. The van der Waals surface area contributed by atoms with E-state index in [2.05, 4.69) is 25.9 Å². The maximum Gasteiger partial charge on any atom is 0.590 e. The fourth-order valence-electron chi connectivity index (χ4n) is 0.247. The summed E-state index contributed by atoms with van der Waals surface area (Å²) in [6.07, 6.45) is 0. The maximum absolute atomic E-state index is 12.4. The summed E-state index contributed by atoms with van der Waals surface area (Å²) in [5, 5.41) is 2.26. The number of alkyl halides is 1. The molecule has 0 saturated carbocycles. The molecule has 4 nitrogen and oxygen atoms in total. The number of nitrogens with zero attached hydrogens (tertiary/aromatic N) is 1. The molecule has 9 heteroatoms. The molecule has 0 spiro atoms. The van der Waals surface area contributed by atoms with Gasteiger partial charge in [0.25, 0.3) is 0 Å². The zero-order valence-corrected chi connectivity index (χ0v) is 7.95. The second-order valence-electron chi connectivity index (χ2n) is 1.37. The molecule has 72 valence electrons. The number of hydrogen-bond acceptors (Lipinski definition) is 4. The Morgan fingerprint density at radius 2 is 2.25 bits per heavy atom. The van der Waals surface area contributed by atoms with Crippen LogP contribution < -0.4 is 0 Å². The molecule has 0 heterocycles. The van der Waals surface area contributed by atoms with Crippen molar-refractivity contribution in [2.45, 2.75) is 0 Å². The van der Waals surface area contributed by atoms with E-state index in [1.807, 2.05) is 0 Å². The molecular weight excluding hydrogens is 238 g/mol. The second-order valence-corrected chi connectivity index (χ2v) is 3.34. The zero-order valence-electron chi connectivity index (χ0n) is 5.55. The first-order valence-corrected chi connectivity index (χ1v) is 4.90. The first kappa shape index (κ1) is 12.1. The number of hydrogen-bond donors (Lipinski definition) is 0. The van der Waals surface area contributed by atoms with Gasteiger partial charge in [0, 0.05) is 5.88 Å². The van der Waals surface area contributed by atoms with Crippen LogP contribution in [0.15, 0.2) is 5.16 Å². The molecule has 0 bridgehead atoms. The maximum atomic E-state index is 12.4. The summed E-state index contributed by atoms with van der Waals surface area (Å²) in [4.78, 5) is 0. The van der Waals surface area contributed by atoms with Crippen LogP contribution in [0.2, 0.25) is 0 Å². The van der Waals surface area contributed by atoms with Crippen LogP contribution in [0.3, 0.4) is 0 Å². The van der Waals surface area contributed by atoms with Gasteiger partial charge in [-0.3, -0.25) is 9.15 Å². The van der Waals surface area contributed by atoms with Crippen LogP contribution in [0, 0.1) is 0 Å². The van der Waals surface area contributed by atoms with Crippen LogP contribution in [0.5, 0.6) is 0 Å². The largest absolute Gasteiger partial charge is 0.590 e. The van der Waals surface area contributed by atoms with Gasteiger partial charge in [0.15, 0.2) is 0 Å². The fraction of sp³-hybridized carbons (Fsp3) is 0.667. The van der Waals surface area contributed by atoms with Gasteiger partial charge in [-0.1, -0.05) is 0 Å². The van der Waals surface area contributed by atoms with Crippen molar-refractivity contribution in [3.8, 4) is 0 Å². The highest BCUT2D eigenvalue weighted by atomic mass is 35.5. The van der Waals surface area contributed by atoms with Crippen LogP contribution >= 0.6 is 31.1 Å². The molecule has 1 atom stereocenters. The summed E-state index contributed by atoms with van der Waals surface area (Å²) in [5.41, 5.74) is -1.58. The summed E-state index contributed by atoms with van der Waals surface area (Å²) in [6.45, 7) is -0.339. The van der Waals surface area contributed by atoms with Crippen molar-refractivity contribution < 1.29 is 22.3 Å². The SMILES string of the molecule is O=P(F)(OCCCl)O/N=C(/F)Cl. The quantitative estimate of drug-likeness (QED) is 0.322. The third-order valence-electron chi connectivity index (χ3n) is 0.530. The second kappa shape index (κ2) is 5.70. The summed E-state index contributed by atoms with van der Waals surface area (Å²) in [5.74, 6) is -0.0790. The van der Waals surface area contributed by atoms with Crippen molar-refractivity contribution in [2.24, 2.45) is 5.16 Å². The lowest BCUT2D eigenvalue weighted by Gasteiger charge is -2.03. The Labute approximate surface area is 77.1 Å². The lowest BCUT2D eigenvalue weighted by molar-refractivity contribution is 0.186. The predicted molar refractivity (Wildman–Crippen MR) is 40.9 cm³/mol. The van der Waals surface area contributed by atoms with Crippen LogP contribution in [0.4, 0.5) is 8.59 Å². The van der Waals surface area contributed by atoms with Crippen LogP contribution in [-0.2, 0) is 13.7 Å². The molecule has 0 aliphatic heterocycles. The molecule has 1 unspecified atom stereocenters. The average molecular weight is 242 g/mol. The smallest absolute Gasteiger partial charge is 0.285 e.